The van der Waals surface area contributed by atoms with Crippen LogP contribution in [0.25, 0.3) is 0 Å². The summed E-state index contributed by atoms with van der Waals surface area (Å²) in [6, 6.07) is 12.3. The third kappa shape index (κ3) is 6.02. The number of benzene rings is 2. The summed E-state index contributed by atoms with van der Waals surface area (Å²) in [6.07, 6.45) is 2.29. The number of hydrogen-bond donors (Lipinski definition) is 2. The largest absolute Gasteiger partial charge is 0.325 e. The Morgan fingerprint density at radius 2 is 1.73 bits per heavy atom. The van der Waals surface area contributed by atoms with E-state index in [1.165, 1.54) is 24.3 Å². The van der Waals surface area contributed by atoms with Gasteiger partial charge in [0.2, 0.25) is 15.9 Å². The minimum absolute atomic E-state index is 0.0687. The summed E-state index contributed by atoms with van der Waals surface area (Å²) in [6.45, 7) is 1.95. The minimum atomic E-state index is -3.83. The maximum atomic E-state index is 12.6. The van der Waals surface area contributed by atoms with Crippen LogP contribution >= 0.6 is 23.4 Å². The van der Waals surface area contributed by atoms with Gasteiger partial charge in [-0.25, -0.2) is 8.42 Å². The number of nitrogens with one attached hydrogen (secondary N) is 2. The van der Waals surface area contributed by atoms with Gasteiger partial charge in [-0.05, 0) is 61.8 Å². The normalized spacial score (nSPS) is 12.6. The van der Waals surface area contributed by atoms with Crippen molar-refractivity contribution in [1.29, 1.82) is 0 Å². The predicted octanol–water partition coefficient (Wildman–Crippen LogP) is 3.69. The lowest BCUT2D eigenvalue weighted by Gasteiger charge is -2.18. The Bertz CT molecular complexity index is 838. The van der Waals surface area contributed by atoms with Crippen molar-refractivity contribution < 1.29 is 13.2 Å². The summed E-state index contributed by atoms with van der Waals surface area (Å²) in [5.74, 6) is 0.259. The smallest absolute Gasteiger partial charge is 0.242 e. The molecule has 0 heterocycles. The molecular weight excluding hydrogens is 392 g/mol. The summed E-state index contributed by atoms with van der Waals surface area (Å²) in [4.78, 5) is 12.7. The van der Waals surface area contributed by atoms with Crippen molar-refractivity contribution in [2.45, 2.75) is 24.3 Å². The lowest BCUT2D eigenvalue weighted by atomic mass is 10.2. The van der Waals surface area contributed by atoms with Crippen molar-refractivity contribution in [3.8, 4) is 0 Å². The number of aryl methyl sites for hydroxylation is 1. The molecule has 2 N–H and O–H groups in total. The number of anilines is 1. The first kappa shape index (κ1) is 20.8. The molecule has 140 valence electrons. The highest BCUT2D eigenvalue weighted by molar-refractivity contribution is 7.98. The van der Waals surface area contributed by atoms with Crippen LogP contribution in [0.4, 0.5) is 5.69 Å². The van der Waals surface area contributed by atoms with Crippen LogP contribution in [-0.2, 0) is 14.8 Å². The lowest BCUT2D eigenvalue weighted by Crippen LogP contribution is -2.44. The number of halogens is 1. The van der Waals surface area contributed by atoms with E-state index in [0.717, 1.165) is 5.56 Å². The number of carbonyl (C=O) groups is 1. The Balaban J connectivity index is 2.16. The molecule has 0 saturated carbocycles. The Morgan fingerprint density at radius 3 is 2.31 bits per heavy atom. The zero-order chi connectivity index (χ0) is 19.2. The van der Waals surface area contributed by atoms with Gasteiger partial charge in [-0.2, -0.15) is 16.5 Å². The van der Waals surface area contributed by atoms with Crippen molar-refractivity contribution >= 4 is 45.0 Å². The van der Waals surface area contributed by atoms with E-state index in [1.54, 1.807) is 23.9 Å². The third-order valence-electron chi connectivity index (χ3n) is 3.67. The fourth-order valence-corrected chi connectivity index (χ4v) is 4.04. The molecule has 0 aliphatic rings. The molecule has 1 atom stereocenters. The molecule has 0 aliphatic carbocycles. The number of hydrogen-bond acceptors (Lipinski definition) is 4. The van der Waals surface area contributed by atoms with E-state index in [-0.39, 0.29) is 10.8 Å². The lowest BCUT2D eigenvalue weighted by molar-refractivity contribution is -0.117. The van der Waals surface area contributed by atoms with Crippen LogP contribution < -0.4 is 10.0 Å². The maximum absolute atomic E-state index is 12.6. The first-order chi connectivity index (χ1) is 12.3. The Morgan fingerprint density at radius 1 is 1.12 bits per heavy atom. The summed E-state index contributed by atoms with van der Waals surface area (Å²) in [7, 11) is -3.83. The van der Waals surface area contributed by atoms with E-state index < -0.39 is 16.1 Å². The first-order valence-corrected chi connectivity index (χ1v) is 11.2. The fourth-order valence-electron chi connectivity index (χ4n) is 2.21. The van der Waals surface area contributed by atoms with Crippen molar-refractivity contribution in [3.63, 3.8) is 0 Å². The second-order valence-corrected chi connectivity index (χ2v) is 8.90. The topological polar surface area (TPSA) is 75.3 Å². The van der Waals surface area contributed by atoms with Gasteiger partial charge in [0.1, 0.15) is 6.04 Å². The average molecular weight is 413 g/mol. The molecule has 0 saturated heterocycles. The summed E-state index contributed by atoms with van der Waals surface area (Å²) < 4.78 is 27.7. The van der Waals surface area contributed by atoms with Crippen LogP contribution in [0.15, 0.2) is 53.4 Å². The van der Waals surface area contributed by atoms with Crippen molar-refractivity contribution in [1.82, 2.24) is 4.72 Å². The highest BCUT2D eigenvalue weighted by Gasteiger charge is 2.25. The number of thioether (sulfide) groups is 1. The summed E-state index contributed by atoms with van der Waals surface area (Å²) in [5, 5.41) is 3.21. The van der Waals surface area contributed by atoms with Crippen LogP contribution in [0.1, 0.15) is 12.0 Å². The first-order valence-electron chi connectivity index (χ1n) is 7.96. The molecule has 1 unspecified atom stereocenters. The predicted molar refractivity (Wildman–Crippen MR) is 108 cm³/mol. The SMILES string of the molecule is CSCCC(NS(=O)(=O)c1ccc(Cl)cc1)C(=O)Nc1ccc(C)cc1. The average Bonchev–Trinajstić information content (AvgIpc) is 2.61. The van der Waals surface area contributed by atoms with Crippen molar-refractivity contribution in [2.24, 2.45) is 0 Å². The summed E-state index contributed by atoms with van der Waals surface area (Å²) in [5.41, 5.74) is 1.70. The molecule has 0 bridgehead atoms. The van der Waals surface area contributed by atoms with E-state index in [9.17, 15) is 13.2 Å². The van der Waals surface area contributed by atoms with E-state index in [4.69, 9.17) is 11.6 Å². The van der Waals surface area contributed by atoms with Crippen LogP contribution in [-0.4, -0.2) is 32.4 Å². The van der Waals surface area contributed by atoms with Crippen molar-refractivity contribution in [2.75, 3.05) is 17.3 Å². The number of carbonyl (C=O) groups excluding carboxylic acids is 1. The quantitative estimate of drug-likeness (QED) is 0.693. The summed E-state index contributed by atoms with van der Waals surface area (Å²) >= 11 is 7.35. The zero-order valence-corrected chi connectivity index (χ0v) is 16.9. The monoisotopic (exact) mass is 412 g/mol. The minimum Gasteiger partial charge on any atom is -0.325 e. The number of sulfonamides is 1. The molecule has 0 radical (unpaired) electrons. The second-order valence-electron chi connectivity index (χ2n) is 5.76. The molecular formula is C18H21ClN2O3S2. The van der Waals surface area contributed by atoms with Crippen LogP contribution in [0.3, 0.4) is 0 Å². The zero-order valence-electron chi connectivity index (χ0n) is 14.5. The Hall–Kier alpha value is -1.54. The van der Waals surface area contributed by atoms with Crippen LogP contribution in [0, 0.1) is 6.92 Å². The highest BCUT2D eigenvalue weighted by atomic mass is 35.5. The molecule has 26 heavy (non-hydrogen) atoms. The fraction of sp³-hybridized carbons (Fsp3) is 0.278. The van der Waals surface area contributed by atoms with Gasteiger partial charge in [0.15, 0.2) is 0 Å². The molecule has 5 nitrogen and oxygen atoms in total. The van der Waals surface area contributed by atoms with Gasteiger partial charge in [-0.15, -0.1) is 0 Å². The van der Waals surface area contributed by atoms with E-state index >= 15 is 0 Å². The van der Waals surface area contributed by atoms with E-state index in [2.05, 4.69) is 10.0 Å². The maximum Gasteiger partial charge on any atom is 0.242 e. The Labute approximate surface area is 163 Å². The second kappa shape index (κ2) is 9.41. The van der Waals surface area contributed by atoms with Gasteiger partial charge in [-0.1, -0.05) is 29.3 Å². The standard InChI is InChI=1S/C18H21ClN2O3S2/c1-13-3-7-15(8-4-13)20-18(22)17(11-12-25-2)21-26(23,24)16-9-5-14(19)6-10-16/h3-10,17,21H,11-12H2,1-2H3,(H,20,22). The van der Waals surface area contributed by atoms with Gasteiger partial charge in [-0.3, -0.25) is 4.79 Å². The van der Waals surface area contributed by atoms with Crippen LogP contribution in [0.5, 0.6) is 0 Å². The molecule has 1 amide bonds. The molecule has 2 rings (SSSR count). The van der Waals surface area contributed by atoms with Crippen molar-refractivity contribution in [3.05, 3.63) is 59.1 Å². The molecule has 0 aromatic heterocycles. The molecule has 8 heteroatoms. The molecule has 0 spiro atoms. The van der Waals surface area contributed by atoms with Gasteiger partial charge in [0.05, 0.1) is 4.90 Å². The molecule has 0 fully saturated rings. The Kier molecular flexibility index (Phi) is 7.52. The van der Waals surface area contributed by atoms with Gasteiger partial charge in [0.25, 0.3) is 0 Å². The molecule has 2 aromatic rings. The van der Waals surface area contributed by atoms with Gasteiger partial charge < -0.3 is 5.32 Å². The van der Waals surface area contributed by atoms with Gasteiger partial charge in [0, 0.05) is 10.7 Å². The van der Waals surface area contributed by atoms with Gasteiger partial charge >= 0.3 is 0 Å². The highest BCUT2D eigenvalue weighted by Crippen LogP contribution is 2.16. The third-order valence-corrected chi connectivity index (χ3v) is 6.05. The molecule has 0 aliphatic heterocycles. The number of rotatable bonds is 8. The van der Waals surface area contributed by atoms with Crippen LogP contribution in [0.2, 0.25) is 5.02 Å². The van der Waals surface area contributed by atoms with E-state index in [1.807, 2.05) is 25.3 Å². The van der Waals surface area contributed by atoms with E-state index in [0.29, 0.717) is 22.9 Å². The molecule has 2 aromatic carbocycles. The number of amides is 1.